The van der Waals surface area contributed by atoms with E-state index in [-0.39, 0.29) is 0 Å². The maximum absolute atomic E-state index is 5.49. The van der Waals surface area contributed by atoms with Gasteiger partial charge in [-0.3, -0.25) is 4.68 Å². The smallest absolute Gasteiger partial charge is 0.0752 e. The van der Waals surface area contributed by atoms with Crippen molar-refractivity contribution in [2.24, 2.45) is 5.73 Å². The van der Waals surface area contributed by atoms with E-state index >= 15 is 0 Å². The monoisotopic (exact) mass is 193 g/mol. The summed E-state index contributed by atoms with van der Waals surface area (Å²) in [6.07, 6.45) is 3.80. The van der Waals surface area contributed by atoms with Gasteiger partial charge in [0.1, 0.15) is 0 Å². The predicted molar refractivity (Wildman–Crippen MR) is 53.5 cm³/mol. The van der Waals surface area contributed by atoms with Gasteiger partial charge in [0.05, 0.1) is 12.7 Å². The van der Waals surface area contributed by atoms with Gasteiger partial charge in [0.2, 0.25) is 0 Å². The summed E-state index contributed by atoms with van der Waals surface area (Å²) in [5.74, 6) is 0. The molecule has 0 aliphatic heterocycles. The van der Waals surface area contributed by atoms with Crippen LogP contribution in [0.2, 0.25) is 0 Å². The highest BCUT2D eigenvalue weighted by atomic mass is 32.1. The third kappa shape index (κ3) is 1.96. The van der Waals surface area contributed by atoms with E-state index in [4.69, 9.17) is 5.73 Å². The average Bonchev–Trinajstić information content (AvgIpc) is 2.76. The lowest BCUT2D eigenvalue weighted by atomic mass is 10.4. The van der Waals surface area contributed by atoms with Crippen molar-refractivity contribution in [2.75, 3.05) is 0 Å². The summed E-state index contributed by atoms with van der Waals surface area (Å²) in [7, 11) is 0. The van der Waals surface area contributed by atoms with Gasteiger partial charge in [0.15, 0.2) is 0 Å². The van der Waals surface area contributed by atoms with E-state index in [1.165, 1.54) is 4.88 Å². The first-order valence-electron chi connectivity index (χ1n) is 4.12. The van der Waals surface area contributed by atoms with Crippen molar-refractivity contribution in [1.29, 1.82) is 0 Å². The van der Waals surface area contributed by atoms with E-state index in [1.54, 1.807) is 11.3 Å². The van der Waals surface area contributed by atoms with Gasteiger partial charge in [0.25, 0.3) is 0 Å². The summed E-state index contributed by atoms with van der Waals surface area (Å²) in [6.45, 7) is 1.40. The minimum absolute atomic E-state index is 0.560. The molecule has 0 unspecified atom stereocenters. The zero-order valence-electron chi connectivity index (χ0n) is 7.18. The number of hydrogen-bond acceptors (Lipinski definition) is 3. The summed E-state index contributed by atoms with van der Waals surface area (Å²) < 4.78 is 1.91. The summed E-state index contributed by atoms with van der Waals surface area (Å²) >= 11 is 1.74. The first-order chi connectivity index (χ1) is 6.38. The standard InChI is InChI=1S/C9H11N3S/c10-4-8-5-11-12(6-8)7-9-2-1-3-13-9/h1-3,5-6H,4,7,10H2. The zero-order valence-corrected chi connectivity index (χ0v) is 8.00. The molecule has 68 valence electrons. The first kappa shape index (κ1) is 8.47. The van der Waals surface area contributed by atoms with E-state index in [2.05, 4.69) is 16.5 Å². The van der Waals surface area contributed by atoms with E-state index < -0.39 is 0 Å². The summed E-state index contributed by atoms with van der Waals surface area (Å²) in [5, 5.41) is 6.28. The lowest BCUT2D eigenvalue weighted by Gasteiger charge is -1.96. The number of hydrogen-bond donors (Lipinski definition) is 1. The van der Waals surface area contributed by atoms with Crippen LogP contribution in [0, 0.1) is 0 Å². The van der Waals surface area contributed by atoms with Crippen LogP contribution in [0.1, 0.15) is 10.4 Å². The molecule has 0 atom stereocenters. The Balaban J connectivity index is 2.10. The number of aromatic nitrogens is 2. The molecule has 13 heavy (non-hydrogen) atoms. The maximum atomic E-state index is 5.49. The summed E-state index contributed by atoms with van der Waals surface area (Å²) in [5.41, 5.74) is 6.57. The molecule has 2 aromatic rings. The molecule has 0 aliphatic carbocycles. The molecule has 0 bridgehead atoms. The highest BCUT2D eigenvalue weighted by Crippen LogP contribution is 2.10. The Kier molecular flexibility index (Phi) is 2.42. The van der Waals surface area contributed by atoms with Gasteiger partial charge in [0, 0.05) is 23.2 Å². The molecule has 0 aromatic carbocycles. The molecule has 2 N–H and O–H groups in total. The fraction of sp³-hybridized carbons (Fsp3) is 0.222. The molecule has 0 radical (unpaired) electrons. The Hall–Kier alpha value is -1.13. The SMILES string of the molecule is NCc1cnn(Cc2cccs2)c1. The molecule has 3 nitrogen and oxygen atoms in total. The quantitative estimate of drug-likeness (QED) is 0.801. The van der Waals surface area contributed by atoms with Crippen molar-refractivity contribution in [1.82, 2.24) is 9.78 Å². The van der Waals surface area contributed by atoms with Gasteiger partial charge in [-0.15, -0.1) is 11.3 Å². The van der Waals surface area contributed by atoms with Crippen molar-refractivity contribution >= 4 is 11.3 Å². The van der Waals surface area contributed by atoms with Gasteiger partial charge < -0.3 is 5.73 Å². The lowest BCUT2D eigenvalue weighted by molar-refractivity contribution is 0.694. The Labute approximate surface area is 80.8 Å². The first-order valence-corrected chi connectivity index (χ1v) is 5.00. The van der Waals surface area contributed by atoms with Crippen LogP contribution < -0.4 is 5.73 Å². The number of thiophene rings is 1. The Morgan fingerprint density at radius 3 is 3.08 bits per heavy atom. The molecule has 0 saturated carbocycles. The fourth-order valence-electron chi connectivity index (χ4n) is 1.16. The van der Waals surface area contributed by atoms with E-state index in [0.717, 1.165) is 12.1 Å². The topological polar surface area (TPSA) is 43.8 Å². The normalized spacial score (nSPS) is 10.5. The molecule has 2 heterocycles. The predicted octanol–water partition coefficient (Wildman–Crippen LogP) is 1.45. The second kappa shape index (κ2) is 3.72. The van der Waals surface area contributed by atoms with Crippen molar-refractivity contribution < 1.29 is 0 Å². The Morgan fingerprint density at radius 2 is 2.46 bits per heavy atom. The molecule has 0 amide bonds. The van der Waals surface area contributed by atoms with Gasteiger partial charge in [-0.2, -0.15) is 5.10 Å². The second-order valence-corrected chi connectivity index (χ2v) is 3.86. The maximum Gasteiger partial charge on any atom is 0.0752 e. The molecular weight excluding hydrogens is 182 g/mol. The molecule has 0 aliphatic rings. The van der Waals surface area contributed by atoms with Crippen LogP contribution in [0.5, 0.6) is 0 Å². The number of nitrogens with two attached hydrogens (primary N) is 1. The van der Waals surface area contributed by atoms with Gasteiger partial charge in [-0.1, -0.05) is 6.07 Å². The molecule has 2 aromatic heterocycles. The largest absolute Gasteiger partial charge is 0.326 e. The van der Waals surface area contributed by atoms with Crippen molar-refractivity contribution in [3.05, 3.63) is 40.3 Å². The molecule has 0 spiro atoms. The van der Waals surface area contributed by atoms with Crippen LogP contribution in [-0.4, -0.2) is 9.78 Å². The van der Waals surface area contributed by atoms with E-state index in [1.807, 2.05) is 23.1 Å². The third-order valence-corrected chi connectivity index (χ3v) is 2.68. The van der Waals surface area contributed by atoms with Gasteiger partial charge >= 0.3 is 0 Å². The molecule has 2 rings (SSSR count). The van der Waals surface area contributed by atoms with Crippen LogP contribution in [0.15, 0.2) is 29.9 Å². The molecule has 0 fully saturated rings. The minimum Gasteiger partial charge on any atom is -0.326 e. The molecule has 4 heteroatoms. The van der Waals surface area contributed by atoms with Crippen molar-refractivity contribution in [3.8, 4) is 0 Å². The van der Waals surface area contributed by atoms with Crippen LogP contribution in [-0.2, 0) is 13.1 Å². The Morgan fingerprint density at radius 1 is 1.54 bits per heavy atom. The second-order valence-electron chi connectivity index (χ2n) is 2.83. The molecule has 0 saturated heterocycles. The molecular formula is C9H11N3S. The average molecular weight is 193 g/mol. The zero-order chi connectivity index (χ0) is 9.10. The summed E-state index contributed by atoms with van der Waals surface area (Å²) in [6, 6.07) is 4.15. The van der Waals surface area contributed by atoms with Crippen LogP contribution in [0.25, 0.3) is 0 Å². The highest BCUT2D eigenvalue weighted by Gasteiger charge is 1.98. The van der Waals surface area contributed by atoms with Gasteiger partial charge in [-0.25, -0.2) is 0 Å². The van der Waals surface area contributed by atoms with Crippen LogP contribution >= 0.6 is 11.3 Å². The third-order valence-electron chi connectivity index (χ3n) is 1.82. The van der Waals surface area contributed by atoms with Crippen LogP contribution in [0.4, 0.5) is 0 Å². The number of nitrogens with zero attached hydrogens (tertiary/aromatic N) is 2. The van der Waals surface area contributed by atoms with Gasteiger partial charge in [-0.05, 0) is 11.4 Å². The lowest BCUT2D eigenvalue weighted by Crippen LogP contribution is -1.98. The fourth-order valence-corrected chi connectivity index (χ4v) is 1.86. The highest BCUT2D eigenvalue weighted by molar-refractivity contribution is 7.09. The Bertz CT molecular complexity index is 364. The van der Waals surface area contributed by atoms with Crippen molar-refractivity contribution in [3.63, 3.8) is 0 Å². The van der Waals surface area contributed by atoms with E-state index in [0.29, 0.717) is 6.54 Å². The van der Waals surface area contributed by atoms with Crippen LogP contribution in [0.3, 0.4) is 0 Å². The van der Waals surface area contributed by atoms with Crippen molar-refractivity contribution in [2.45, 2.75) is 13.1 Å². The summed E-state index contributed by atoms with van der Waals surface area (Å²) in [4.78, 5) is 1.31. The van der Waals surface area contributed by atoms with E-state index in [9.17, 15) is 0 Å². The number of rotatable bonds is 3. The minimum atomic E-state index is 0.560.